The number of hydrogen-bond acceptors (Lipinski definition) is 7. The van der Waals surface area contributed by atoms with Gasteiger partial charge >= 0.3 is 0 Å². The van der Waals surface area contributed by atoms with Crippen molar-refractivity contribution < 1.29 is 19.1 Å². The van der Waals surface area contributed by atoms with Crippen molar-refractivity contribution in [2.45, 2.75) is 39.0 Å². The normalized spacial score (nSPS) is 15.9. The topological polar surface area (TPSA) is 88.1 Å². The van der Waals surface area contributed by atoms with Crippen molar-refractivity contribution in [3.63, 3.8) is 0 Å². The second-order valence-electron chi connectivity index (χ2n) is 9.45. The zero-order valence-corrected chi connectivity index (χ0v) is 21.6. The van der Waals surface area contributed by atoms with Gasteiger partial charge in [-0.1, -0.05) is 13.3 Å². The molecule has 1 aliphatic heterocycles. The third-order valence-corrected chi connectivity index (χ3v) is 6.85. The lowest BCUT2D eigenvalue weighted by Gasteiger charge is -2.27. The minimum absolute atomic E-state index is 0.0370. The Labute approximate surface area is 213 Å². The predicted molar refractivity (Wildman–Crippen MR) is 138 cm³/mol. The van der Waals surface area contributed by atoms with Gasteiger partial charge in [-0.3, -0.25) is 9.59 Å². The molecule has 0 radical (unpaired) electrons. The van der Waals surface area contributed by atoms with E-state index in [9.17, 15) is 9.59 Å². The van der Waals surface area contributed by atoms with Gasteiger partial charge in [-0.15, -0.1) is 10.2 Å². The van der Waals surface area contributed by atoms with E-state index < -0.39 is 0 Å². The highest BCUT2D eigenvalue weighted by atomic mass is 16.5. The first-order valence-corrected chi connectivity index (χ1v) is 12.9. The summed E-state index contributed by atoms with van der Waals surface area (Å²) >= 11 is 0. The monoisotopic (exact) mass is 495 g/mol. The molecule has 2 fully saturated rings. The van der Waals surface area contributed by atoms with E-state index in [1.165, 1.54) is 0 Å². The van der Waals surface area contributed by atoms with E-state index in [2.05, 4.69) is 22.0 Å². The summed E-state index contributed by atoms with van der Waals surface area (Å²) in [6.45, 7) is 5.72. The number of hydrogen-bond donors (Lipinski definition) is 0. The Morgan fingerprint density at radius 1 is 1.03 bits per heavy atom. The average molecular weight is 496 g/mol. The number of methoxy groups -OCH3 is 2. The van der Waals surface area contributed by atoms with Gasteiger partial charge in [0, 0.05) is 50.3 Å². The van der Waals surface area contributed by atoms with Crippen molar-refractivity contribution in [1.29, 1.82) is 0 Å². The SMILES string of the molecule is CCCCN(CC(=O)N1CCCN(c2ccc(-c3ccc(OC)cc3OC)nn2)CC1)C(=O)C1CC1. The zero-order chi connectivity index (χ0) is 25.5. The van der Waals surface area contributed by atoms with Crippen molar-refractivity contribution in [1.82, 2.24) is 20.0 Å². The number of ether oxygens (including phenoxy) is 2. The Hall–Kier alpha value is -3.36. The first-order chi connectivity index (χ1) is 17.5. The Bertz CT molecular complexity index is 1040. The van der Waals surface area contributed by atoms with Gasteiger partial charge < -0.3 is 24.2 Å². The molecule has 9 nitrogen and oxygen atoms in total. The van der Waals surface area contributed by atoms with Gasteiger partial charge in [0.25, 0.3) is 0 Å². The lowest BCUT2D eigenvalue weighted by atomic mass is 10.1. The third kappa shape index (κ3) is 6.25. The van der Waals surface area contributed by atoms with Gasteiger partial charge in [-0.25, -0.2) is 0 Å². The summed E-state index contributed by atoms with van der Waals surface area (Å²) < 4.78 is 10.8. The van der Waals surface area contributed by atoms with Crippen LogP contribution in [0.3, 0.4) is 0 Å². The first kappa shape index (κ1) is 25.7. The van der Waals surface area contributed by atoms with Crippen molar-refractivity contribution in [2.75, 3.05) is 58.4 Å². The van der Waals surface area contributed by atoms with Gasteiger partial charge in [-0.2, -0.15) is 0 Å². The largest absolute Gasteiger partial charge is 0.497 e. The maximum Gasteiger partial charge on any atom is 0.242 e. The highest BCUT2D eigenvalue weighted by molar-refractivity contribution is 5.87. The van der Waals surface area contributed by atoms with E-state index in [1.54, 1.807) is 19.1 Å². The molecule has 2 amide bonds. The van der Waals surface area contributed by atoms with Crippen LogP contribution < -0.4 is 14.4 Å². The molecule has 1 aliphatic carbocycles. The molecule has 2 heterocycles. The van der Waals surface area contributed by atoms with E-state index in [-0.39, 0.29) is 24.3 Å². The van der Waals surface area contributed by atoms with Gasteiger partial charge in [0.1, 0.15) is 11.5 Å². The lowest BCUT2D eigenvalue weighted by Crippen LogP contribution is -2.45. The van der Waals surface area contributed by atoms with Gasteiger partial charge in [0.15, 0.2) is 5.82 Å². The molecular formula is C27H37N5O4. The maximum absolute atomic E-state index is 13.1. The molecule has 0 N–H and O–H groups in total. The summed E-state index contributed by atoms with van der Waals surface area (Å²) in [5, 5.41) is 8.92. The van der Waals surface area contributed by atoms with Crippen molar-refractivity contribution in [3.8, 4) is 22.8 Å². The smallest absolute Gasteiger partial charge is 0.242 e. The van der Waals surface area contributed by atoms with Crippen LogP contribution in [0.1, 0.15) is 39.0 Å². The molecule has 1 saturated heterocycles. The third-order valence-electron chi connectivity index (χ3n) is 6.85. The van der Waals surface area contributed by atoms with Crippen LogP contribution in [0.15, 0.2) is 30.3 Å². The summed E-state index contributed by atoms with van der Waals surface area (Å²) in [5.41, 5.74) is 1.57. The summed E-state index contributed by atoms with van der Waals surface area (Å²) in [6, 6.07) is 9.51. The maximum atomic E-state index is 13.1. The van der Waals surface area contributed by atoms with Crippen molar-refractivity contribution in [3.05, 3.63) is 30.3 Å². The fourth-order valence-electron chi connectivity index (χ4n) is 4.51. The molecule has 9 heteroatoms. The Kier molecular flexibility index (Phi) is 8.61. The summed E-state index contributed by atoms with van der Waals surface area (Å²) in [5.74, 6) is 2.50. The summed E-state index contributed by atoms with van der Waals surface area (Å²) in [6.07, 6.45) is 4.69. The molecule has 0 atom stereocenters. The van der Waals surface area contributed by atoms with Crippen LogP contribution >= 0.6 is 0 Å². The molecule has 1 aromatic heterocycles. The van der Waals surface area contributed by atoms with E-state index >= 15 is 0 Å². The molecular weight excluding hydrogens is 458 g/mol. The number of benzene rings is 1. The summed E-state index contributed by atoms with van der Waals surface area (Å²) in [4.78, 5) is 31.6. The first-order valence-electron chi connectivity index (χ1n) is 12.9. The number of carbonyl (C=O) groups is 2. The molecule has 4 rings (SSSR count). The zero-order valence-electron chi connectivity index (χ0n) is 21.6. The number of carbonyl (C=O) groups excluding carboxylic acids is 2. The fraction of sp³-hybridized carbons (Fsp3) is 0.556. The Morgan fingerprint density at radius 2 is 1.86 bits per heavy atom. The van der Waals surface area contributed by atoms with E-state index in [0.717, 1.165) is 55.7 Å². The molecule has 2 aliphatic rings. The van der Waals surface area contributed by atoms with Crippen LogP contribution in [-0.4, -0.2) is 85.3 Å². The van der Waals surface area contributed by atoms with Gasteiger partial charge in [0.2, 0.25) is 11.8 Å². The molecule has 0 spiro atoms. The average Bonchev–Trinajstić information content (AvgIpc) is 3.78. The minimum atomic E-state index is 0.0370. The number of unbranched alkanes of at least 4 members (excludes halogenated alkanes) is 1. The van der Waals surface area contributed by atoms with Crippen LogP contribution in [0.4, 0.5) is 5.82 Å². The molecule has 0 unspecified atom stereocenters. The van der Waals surface area contributed by atoms with E-state index in [1.807, 2.05) is 35.2 Å². The summed E-state index contributed by atoms with van der Waals surface area (Å²) in [7, 11) is 3.24. The molecule has 0 bridgehead atoms. The van der Waals surface area contributed by atoms with Gasteiger partial charge in [0.05, 0.1) is 26.5 Å². The quantitative estimate of drug-likeness (QED) is 0.500. The number of rotatable bonds is 10. The lowest BCUT2D eigenvalue weighted by molar-refractivity contribution is -0.141. The number of nitrogens with zero attached hydrogens (tertiary/aromatic N) is 5. The van der Waals surface area contributed by atoms with Crippen molar-refractivity contribution in [2.24, 2.45) is 5.92 Å². The van der Waals surface area contributed by atoms with E-state index in [0.29, 0.717) is 37.7 Å². The van der Waals surface area contributed by atoms with Crippen LogP contribution in [-0.2, 0) is 9.59 Å². The Morgan fingerprint density at radius 3 is 2.53 bits per heavy atom. The molecule has 194 valence electrons. The Balaban J connectivity index is 1.37. The molecule has 1 saturated carbocycles. The van der Waals surface area contributed by atoms with Crippen LogP contribution in [0.5, 0.6) is 11.5 Å². The number of amides is 2. The fourth-order valence-corrected chi connectivity index (χ4v) is 4.51. The highest BCUT2D eigenvalue weighted by Crippen LogP contribution is 2.33. The van der Waals surface area contributed by atoms with Crippen LogP contribution in [0.2, 0.25) is 0 Å². The van der Waals surface area contributed by atoms with E-state index in [4.69, 9.17) is 9.47 Å². The second kappa shape index (κ2) is 12.1. The number of anilines is 1. The highest BCUT2D eigenvalue weighted by Gasteiger charge is 2.34. The predicted octanol–water partition coefficient (Wildman–Crippen LogP) is 3.24. The van der Waals surface area contributed by atoms with Crippen LogP contribution in [0.25, 0.3) is 11.3 Å². The molecule has 1 aromatic carbocycles. The van der Waals surface area contributed by atoms with Gasteiger partial charge in [-0.05, 0) is 49.9 Å². The molecule has 2 aromatic rings. The standard InChI is InChI=1S/C27H37N5O4/c1-4-5-13-32(27(34)20-7-8-20)19-26(33)31-15-6-14-30(16-17-31)25-12-11-23(28-29-25)22-10-9-21(35-2)18-24(22)36-3/h9-12,18,20H,4-8,13-17,19H2,1-3H3. The van der Waals surface area contributed by atoms with Crippen molar-refractivity contribution >= 4 is 17.6 Å². The second-order valence-corrected chi connectivity index (χ2v) is 9.45. The minimum Gasteiger partial charge on any atom is -0.497 e. The molecule has 36 heavy (non-hydrogen) atoms. The number of aromatic nitrogens is 2. The van der Waals surface area contributed by atoms with Crippen LogP contribution in [0, 0.1) is 5.92 Å².